The van der Waals surface area contributed by atoms with Gasteiger partial charge in [-0.05, 0) is 30.7 Å². The fourth-order valence-corrected chi connectivity index (χ4v) is 1.38. The van der Waals surface area contributed by atoms with Crippen LogP contribution in [0.15, 0.2) is 24.3 Å². The van der Waals surface area contributed by atoms with Crippen molar-refractivity contribution in [2.24, 2.45) is 0 Å². The van der Waals surface area contributed by atoms with Gasteiger partial charge in [0.1, 0.15) is 12.3 Å². The Morgan fingerprint density at radius 3 is 2.39 bits per heavy atom. The highest BCUT2D eigenvalue weighted by Gasteiger charge is 2.18. The second-order valence-corrected chi connectivity index (χ2v) is 3.73. The van der Waals surface area contributed by atoms with Crippen molar-refractivity contribution in [1.29, 1.82) is 0 Å². The Hall–Kier alpha value is -2.24. The minimum absolute atomic E-state index is 0.0583. The number of aliphatic carboxylic acids is 1. The van der Waals surface area contributed by atoms with Crippen molar-refractivity contribution in [1.82, 2.24) is 5.32 Å². The van der Waals surface area contributed by atoms with Crippen molar-refractivity contribution < 1.29 is 19.8 Å². The van der Waals surface area contributed by atoms with Crippen LogP contribution in [0.1, 0.15) is 13.3 Å². The monoisotopic (exact) mass is 252 g/mol. The molecule has 0 saturated carbocycles. The molecule has 2 amide bonds. The highest BCUT2D eigenvalue weighted by atomic mass is 16.4. The molecule has 0 radical (unpaired) electrons. The van der Waals surface area contributed by atoms with Gasteiger partial charge in [-0.1, -0.05) is 6.92 Å². The van der Waals surface area contributed by atoms with Crippen LogP contribution < -0.4 is 10.2 Å². The van der Waals surface area contributed by atoms with E-state index in [1.165, 1.54) is 24.3 Å². The summed E-state index contributed by atoms with van der Waals surface area (Å²) < 4.78 is 0. The lowest BCUT2D eigenvalue weighted by Crippen LogP contribution is -2.43. The molecule has 3 N–H and O–H groups in total. The van der Waals surface area contributed by atoms with Gasteiger partial charge < -0.3 is 15.5 Å². The molecule has 1 rings (SSSR count). The number of hydrogen-bond donors (Lipinski definition) is 3. The van der Waals surface area contributed by atoms with Crippen molar-refractivity contribution in [3.05, 3.63) is 24.3 Å². The first-order chi connectivity index (χ1) is 8.54. The van der Waals surface area contributed by atoms with E-state index in [1.54, 1.807) is 0 Å². The number of rotatable bonds is 5. The summed E-state index contributed by atoms with van der Waals surface area (Å²) in [6, 6.07) is 5.31. The number of anilines is 1. The van der Waals surface area contributed by atoms with Crippen LogP contribution in [0, 0.1) is 0 Å². The predicted molar refractivity (Wildman–Crippen MR) is 66.8 cm³/mol. The fourth-order valence-electron chi connectivity index (χ4n) is 1.38. The molecule has 0 bridgehead atoms. The van der Waals surface area contributed by atoms with E-state index in [-0.39, 0.29) is 5.75 Å². The Bertz CT molecular complexity index is 417. The number of carbonyl (C=O) groups is 2. The number of amides is 2. The summed E-state index contributed by atoms with van der Waals surface area (Å²) in [5.41, 5.74) is 0.420. The molecule has 0 atom stereocenters. The topological polar surface area (TPSA) is 89.9 Å². The molecule has 0 aliphatic rings. The standard InChI is InChI=1S/C12H16N2O4/c1-2-7-13-12(18)14(8-11(16)17)9-3-5-10(15)6-4-9/h3-6,15H,2,7-8H2,1H3,(H,13,18)(H,16,17). The van der Waals surface area contributed by atoms with Crippen molar-refractivity contribution in [2.75, 3.05) is 18.0 Å². The number of aromatic hydroxyl groups is 1. The van der Waals surface area contributed by atoms with Crippen LogP contribution in [0.2, 0.25) is 0 Å². The van der Waals surface area contributed by atoms with Gasteiger partial charge in [0, 0.05) is 12.2 Å². The molecule has 18 heavy (non-hydrogen) atoms. The molecule has 0 heterocycles. The number of phenolic OH excluding ortho intramolecular Hbond substituents is 1. The largest absolute Gasteiger partial charge is 0.508 e. The van der Waals surface area contributed by atoms with Gasteiger partial charge in [0.2, 0.25) is 0 Å². The third-order valence-corrected chi connectivity index (χ3v) is 2.23. The normalized spacial score (nSPS) is 9.83. The Kier molecular flexibility index (Phi) is 4.98. The summed E-state index contributed by atoms with van der Waals surface area (Å²) in [7, 11) is 0. The van der Waals surface area contributed by atoms with Crippen molar-refractivity contribution in [2.45, 2.75) is 13.3 Å². The first-order valence-electron chi connectivity index (χ1n) is 5.60. The van der Waals surface area contributed by atoms with Crippen LogP contribution in [-0.2, 0) is 4.79 Å². The van der Waals surface area contributed by atoms with Crippen molar-refractivity contribution in [3.8, 4) is 5.75 Å². The van der Waals surface area contributed by atoms with Crippen LogP contribution >= 0.6 is 0 Å². The SMILES string of the molecule is CCCNC(=O)N(CC(=O)O)c1ccc(O)cc1. The van der Waals surface area contributed by atoms with E-state index >= 15 is 0 Å². The molecule has 0 fully saturated rings. The van der Waals surface area contributed by atoms with E-state index in [4.69, 9.17) is 10.2 Å². The van der Waals surface area contributed by atoms with E-state index in [9.17, 15) is 9.59 Å². The molecule has 0 spiro atoms. The summed E-state index contributed by atoms with van der Waals surface area (Å²) in [4.78, 5) is 23.7. The Morgan fingerprint density at radius 1 is 1.28 bits per heavy atom. The van der Waals surface area contributed by atoms with Crippen LogP contribution in [-0.4, -0.2) is 35.3 Å². The van der Waals surface area contributed by atoms with E-state index in [2.05, 4.69) is 5.32 Å². The number of urea groups is 1. The number of phenols is 1. The quantitative estimate of drug-likeness (QED) is 0.739. The van der Waals surface area contributed by atoms with Gasteiger partial charge in [-0.2, -0.15) is 0 Å². The minimum atomic E-state index is -1.10. The average Bonchev–Trinajstić information content (AvgIpc) is 2.34. The highest BCUT2D eigenvalue weighted by Crippen LogP contribution is 2.18. The van der Waals surface area contributed by atoms with Gasteiger partial charge in [0.15, 0.2) is 0 Å². The van der Waals surface area contributed by atoms with Crippen molar-refractivity contribution >= 4 is 17.7 Å². The van der Waals surface area contributed by atoms with Crippen LogP contribution in [0.4, 0.5) is 10.5 Å². The lowest BCUT2D eigenvalue weighted by molar-refractivity contribution is -0.135. The van der Waals surface area contributed by atoms with Gasteiger partial charge in [0.05, 0.1) is 0 Å². The van der Waals surface area contributed by atoms with Gasteiger partial charge in [-0.3, -0.25) is 9.69 Å². The van der Waals surface area contributed by atoms with E-state index in [0.29, 0.717) is 12.2 Å². The average molecular weight is 252 g/mol. The number of benzene rings is 1. The van der Waals surface area contributed by atoms with Crippen LogP contribution in [0.25, 0.3) is 0 Å². The van der Waals surface area contributed by atoms with Gasteiger partial charge >= 0.3 is 12.0 Å². The molecule has 0 unspecified atom stereocenters. The Balaban J connectivity index is 2.86. The molecule has 0 aliphatic heterocycles. The lowest BCUT2D eigenvalue weighted by Gasteiger charge is -2.21. The zero-order chi connectivity index (χ0) is 13.5. The second kappa shape index (κ2) is 6.48. The Labute approximate surface area is 105 Å². The fraction of sp³-hybridized carbons (Fsp3) is 0.333. The molecular formula is C12H16N2O4. The molecule has 0 aromatic heterocycles. The molecule has 0 saturated heterocycles. The zero-order valence-electron chi connectivity index (χ0n) is 10.1. The molecule has 98 valence electrons. The van der Waals surface area contributed by atoms with Crippen LogP contribution in [0.3, 0.4) is 0 Å². The first kappa shape index (κ1) is 13.8. The molecule has 6 nitrogen and oxygen atoms in total. The number of nitrogens with zero attached hydrogens (tertiary/aromatic N) is 1. The minimum Gasteiger partial charge on any atom is -0.508 e. The Morgan fingerprint density at radius 2 is 1.89 bits per heavy atom. The number of hydrogen-bond acceptors (Lipinski definition) is 3. The smallest absolute Gasteiger partial charge is 0.323 e. The molecule has 6 heteroatoms. The lowest BCUT2D eigenvalue weighted by atomic mass is 10.2. The van der Waals surface area contributed by atoms with Gasteiger partial charge in [-0.25, -0.2) is 4.79 Å². The molecule has 1 aromatic carbocycles. The van der Waals surface area contributed by atoms with Crippen molar-refractivity contribution in [3.63, 3.8) is 0 Å². The number of carbonyl (C=O) groups excluding carboxylic acids is 1. The highest BCUT2D eigenvalue weighted by molar-refractivity contribution is 5.96. The molecular weight excluding hydrogens is 236 g/mol. The molecule has 0 aliphatic carbocycles. The third kappa shape index (κ3) is 3.97. The summed E-state index contributed by atoms with van der Waals surface area (Å²) >= 11 is 0. The van der Waals surface area contributed by atoms with E-state index in [1.807, 2.05) is 6.92 Å². The van der Waals surface area contributed by atoms with E-state index in [0.717, 1.165) is 11.3 Å². The number of nitrogens with one attached hydrogen (secondary N) is 1. The summed E-state index contributed by atoms with van der Waals surface area (Å²) in [5.74, 6) is -1.04. The van der Waals surface area contributed by atoms with Crippen LogP contribution in [0.5, 0.6) is 5.75 Å². The zero-order valence-corrected chi connectivity index (χ0v) is 10.1. The maximum absolute atomic E-state index is 11.8. The number of carboxylic acids is 1. The second-order valence-electron chi connectivity index (χ2n) is 3.73. The molecule has 1 aromatic rings. The third-order valence-electron chi connectivity index (χ3n) is 2.23. The summed E-state index contributed by atoms with van der Waals surface area (Å²) in [6.07, 6.45) is 0.766. The first-order valence-corrected chi connectivity index (χ1v) is 5.60. The van der Waals surface area contributed by atoms with Gasteiger partial charge in [-0.15, -0.1) is 0 Å². The predicted octanol–water partition coefficient (Wildman–Crippen LogP) is 1.40. The van der Waals surface area contributed by atoms with Gasteiger partial charge in [0.25, 0.3) is 0 Å². The summed E-state index contributed by atoms with van der Waals surface area (Å²) in [5, 5.41) is 20.6. The summed E-state index contributed by atoms with van der Waals surface area (Å²) in [6.45, 7) is 1.95. The maximum atomic E-state index is 11.8. The number of carboxylic acid groups (broad SMARTS) is 1. The van der Waals surface area contributed by atoms with E-state index < -0.39 is 18.5 Å². The maximum Gasteiger partial charge on any atom is 0.323 e.